The van der Waals surface area contributed by atoms with Crippen molar-refractivity contribution in [3.8, 4) is 5.75 Å². The second kappa shape index (κ2) is 8.05. The van der Waals surface area contributed by atoms with Crippen LogP contribution in [0.15, 0.2) is 17.0 Å². The summed E-state index contributed by atoms with van der Waals surface area (Å²) >= 11 is 0. The molecule has 7 nitrogen and oxygen atoms in total. The Morgan fingerprint density at radius 2 is 2.40 bits per heavy atom. The molecule has 1 amide bonds. The van der Waals surface area contributed by atoms with E-state index in [0.29, 0.717) is 25.9 Å². The lowest BCUT2D eigenvalue weighted by molar-refractivity contribution is 0.0938. The van der Waals surface area contributed by atoms with Crippen LogP contribution >= 0.6 is 0 Å². The highest BCUT2D eigenvalue weighted by molar-refractivity contribution is 7.91. The number of nitrogen functional groups attached to an aromatic ring is 1. The van der Waals surface area contributed by atoms with Gasteiger partial charge in [-0.3, -0.25) is 9.69 Å². The van der Waals surface area contributed by atoms with E-state index >= 15 is 0 Å². The molecule has 1 saturated heterocycles. The van der Waals surface area contributed by atoms with Crippen LogP contribution in [0.2, 0.25) is 0 Å². The van der Waals surface area contributed by atoms with Crippen LogP contribution in [0.25, 0.3) is 0 Å². The second-order valence-electron chi connectivity index (χ2n) is 5.29. The molecule has 2 rings (SSSR count). The number of carbonyl (C=O) groups is 1. The van der Waals surface area contributed by atoms with Crippen LogP contribution in [0.4, 0.5) is 5.69 Å². The molecule has 8 heteroatoms. The maximum absolute atomic E-state index is 13.3. The monoisotopic (exact) mass is 381 g/mol. The first-order valence-corrected chi connectivity index (χ1v) is 8.92. The molecule has 0 aromatic heterocycles. The Morgan fingerprint density at radius 1 is 1.60 bits per heavy atom. The van der Waals surface area contributed by atoms with Crippen molar-refractivity contribution in [2.24, 2.45) is 0 Å². The molecule has 1 heterocycles. The van der Waals surface area contributed by atoms with E-state index in [1.54, 1.807) is 11.8 Å². The molecule has 25 heavy (non-hydrogen) atoms. The van der Waals surface area contributed by atoms with Gasteiger partial charge in [-0.1, -0.05) is 13.8 Å². The SMILES string of the molecule is [2H]c1c(N)c(S(=O)(=O)C([2H])([2H])C([2H])([2H])[2H])c([2H])c(C(=O)NC([2H])([2H])C2CCCN2CC)c1OC([2H])([2H])[2H]. The standard InChI is InChI=1S/C17H27N3O4S/c1-4-20-8-6-7-12(20)11-19-17(21)13-9-16(25(22,23)5-2)14(18)10-15(13)24-3/h9-10,12H,4-8,11,18H2,1-3H3,(H,19,21)/i2D3,3D3,5D2,9D,10D,11D2. The Morgan fingerprint density at radius 3 is 3.08 bits per heavy atom. The molecule has 0 spiro atoms. The van der Waals surface area contributed by atoms with Crippen LogP contribution in [-0.2, 0) is 9.84 Å². The molecular weight excluding hydrogens is 342 g/mol. The molecule has 1 unspecified atom stereocenters. The van der Waals surface area contributed by atoms with E-state index in [9.17, 15) is 13.2 Å². The van der Waals surface area contributed by atoms with E-state index in [1.165, 1.54) is 0 Å². The van der Waals surface area contributed by atoms with Gasteiger partial charge in [-0.15, -0.1) is 0 Å². The summed E-state index contributed by atoms with van der Waals surface area (Å²) in [5, 5.41) is 1.99. The number of hydrogen-bond acceptors (Lipinski definition) is 6. The Kier molecular flexibility index (Phi) is 2.81. The number of sulfone groups is 1. The zero-order chi connectivity index (χ0) is 28.9. The van der Waals surface area contributed by atoms with Crippen LogP contribution in [0.5, 0.6) is 5.75 Å². The first-order chi connectivity index (χ1) is 16.5. The number of anilines is 1. The van der Waals surface area contributed by atoms with Gasteiger partial charge in [-0.25, -0.2) is 8.42 Å². The largest absolute Gasteiger partial charge is 0.496 e. The van der Waals surface area contributed by atoms with Crippen LogP contribution in [0.3, 0.4) is 0 Å². The molecule has 1 aliphatic rings. The Labute approximate surface area is 166 Å². The zero-order valence-electron chi connectivity index (χ0n) is 25.5. The van der Waals surface area contributed by atoms with E-state index in [2.05, 4.69) is 4.74 Å². The Balaban J connectivity index is 2.82. The van der Waals surface area contributed by atoms with Gasteiger partial charge in [0.25, 0.3) is 5.91 Å². The number of carbonyl (C=O) groups excluding carboxylic acids is 1. The third-order valence-electron chi connectivity index (χ3n) is 3.81. The van der Waals surface area contributed by atoms with Crippen LogP contribution in [0, 0.1) is 0 Å². The van der Waals surface area contributed by atoms with Crippen molar-refractivity contribution in [2.75, 3.05) is 38.1 Å². The second-order valence-corrected chi connectivity index (χ2v) is 6.91. The summed E-state index contributed by atoms with van der Waals surface area (Å²) in [5.74, 6) is -2.72. The predicted molar refractivity (Wildman–Crippen MR) is 97.7 cm³/mol. The van der Waals surface area contributed by atoms with Gasteiger partial charge in [-0.05, 0) is 32.0 Å². The maximum Gasteiger partial charge on any atom is 0.255 e. The fourth-order valence-electron chi connectivity index (χ4n) is 2.56. The summed E-state index contributed by atoms with van der Waals surface area (Å²) in [7, 11) is -9.04. The highest BCUT2D eigenvalue weighted by atomic mass is 32.2. The van der Waals surface area contributed by atoms with E-state index in [-0.39, 0.29) is 0 Å². The number of benzene rings is 1. The first-order valence-electron chi connectivity index (χ1n) is 13.4. The van der Waals surface area contributed by atoms with Crippen molar-refractivity contribution >= 4 is 21.4 Å². The number of amides is 1. The number of nitrogens with zero attached hydrogens (tertiary/aromatic N) is 1. The van der Waals surface area contributed by atoms with Crippen molar-refractivity contribution in [3.05, 3.63) is 17.6 Å². The number of methoxy groups -OCH3 is 1. The van der Waals surface area contributed by atoms with Crippen molar-refractivity contribution in [1.29, 1.82) is 0 Å². The van der Waals surface area contributed by atoms with Crippen LogP contribution < -0.4 is 15.8 Å². The first kappa shape index (κ1) is 8.73. The molecule has 1 atom stereocenters. The van der Waals surface area contributed by atoms with Gasteiger partial charge >= 0.3 is 0 Å². The molecule has 1 aliphatic heterocycles. The number of likely N-dealkylation sites (N-methyl/N-ethyl adjacent to an activating group) is 1. The zero-order valence-corrected chi connectivity index (χ0v) is 14.3. The molecule has 140 valence electrons. The Hall–Kier alpha value is -1.80. The van der Waals surface area contributed by atoms with Crippen molar-refractivity contribution < 1.29 is 34.4 Å². The molecule has 0 saturated carbocycles. The summed E-state index contributed by atoms with van der Waals surface area (Å²) in [6.07, 6.45) is 0.938. The van der Waals surface area contributed by atoms with Gasteiger partial charge < -0.3 is 15.8 Å². The smallest absolute Gasteiger partial charge is 0.255 e. The fourth-order valence-corrected chi connectivity index (χ4v) is 3.24. The molecule has 1 aromatic carbocycles. The minimum atomic E-state index is -5.71. The maximum atomic E-state index is 13.3. The number of nitrogens with one attached hydrogen (secondary N) is 1. The Bertz CT molecular complexity index is 1170. The minimum Gasteiger partial charge on any atom is -0.496 e. The van der Waals surface area contributed by atoms with Gasteiger partial charge in [0.2, 0.25) is 0 Å². The third kappa shape index (κ3) is 4.24. The average Bonchev–Trinajstić information content (AvgIpc) is 3.19. The molecule has 0 bridgehead atoms. The fraction of sp³-hybridized carbons (Fsp3) is 0.588. The molecule has 0 aliphatic carbocycles. The summed E-state index contributed by atoms with van der Waals surface area (Å²) in [5.41, 5.74) is -0.837. The van der Waals surface area contributed by atoms with Gasteiger partial charge in [0.1, 0.15) is 5.75 Å². The van der Waals surface area contributed by atoms with Gasteiger partial charge in [0.15, 0.2) is 9.84 Å². The van der Waals surface area contributed by atoms with Crippen LogP contribution in [0.1, 0.15) is 53.4 Å². The number of nitrogens with two attached hydrogens (primary N) is 1. The summed E-state index contributed by atoms with van der Waals surface area (Å²) < 4.78 is 123. The lowest BCUT2D eigenvalue weighted by atomic mass is 10.1. The number of rotatable bonds is 7. The normalized spacial score (nSPS) is 27.5. The molecule has 0 radical (unpaired) electrons. The lowest BCUT2D eigenvalue weighted by Gasteiger charge is -2.23. The summed E-state index contributed by atoms with van der Waals surface area (Å²) in [4.78, 5) is 13.4. The molecular formula is C17H27N3O4S. The van der Waals surface area contributed by atoms with Gasteiger partial charge in [-0.2, -0.15) is 0 Å². The number of hydrogen-bond donors (Lipinski definition) is 2. The van der Waals surface area contributed by atoms with Crippen molar-refractivity contribution in [3.63, 3.8) is 0 Å². The highest BCUT2D eigenvalue weighted by Crippen LogP contribution is 2.29. The lowest BCUT2D eigenvalue weighted by Crippen LogP contribution is -2.40. The van der Waals surface area contributed by atoms with Gasteiger partial charge in [0, 0.05) is 25.4 Å². The predicted octanol–water partition coefficient (Wildman–Crippen LogP) is 1.29. The van der Waals surface area contributed by atoms with E-state index in [4.69, 9.17) is 22.2 Å². The molecule has 1 fully saturated rings. The van der Waals surface area contributed by atoms with E-state index in [1.807, 2.05) is 5.32 Å². The average molecular weight is 382 g/mol. The quantitative estimate of drug-likeness (QED) is 0.690. The summed E-state index contributed by atoms with van der Waals surface area (Å²) in [6.45, 7) is -3.54. The molecule has 1 aromatic rings. The minimum absolute atomic E-state index is 0.331. The van der Waals surface area contributed by atoms with E-state index < -0.39 is 81.9 Å². The van der Waals surface area contributed by atoms with E-state index in [0.717, 1.165) is 0 Å². The van der Waals surface area contributed by atoms with Crippen molar-refractivity contribution in [1.82, 2.24) is 10.2 Å². The topological polar surface area (TPSA) is 102 Å². The van der Waals surface area contributed by atoms with Crippen molar-refractivity contribution in [2.45, 2.75) is 37.6 Å². The van der Waals surface area contributed by atoms with Crippen LogP contribution in [-0.4, -0.2) is 57.6 Å². The van der Waals surface area contributed by atoms with Gasteiger partial charge in [0.05, 0.1) is 38.5 Å². The highest BCUT2D eigenvalue weighted by Gasteiger charge is 2.25. The summed E-state index contributed by atoms with van der Waals surface area (Å²) in [6, 6.07) is -3.53. The third-order valence-corrected chi connectivity index (χ3v) is 4.94. The number of likely N-dealkylation sites (tertiary alicyclic amines) is 1. The molecule has 3 N–H and O–H groups in total. The number of ether oxygens (including phenoxy) is 1.